The van der Waals surface area contributed by atoms with Crippen LogP contribution in [-0.2, 0) is 12.8 Å². The van der Waals surface area contributed by atoms with Gasteiger partial charge in [0.25, 0.3) is 0 Å². The summed E-state index contributed by atoms with van der Waals surface area (Å²) in [5, 5.41) is 14.9. The van der Waals surface area contributed by atoms with Crippen molar-refractivity contribution >= 4 is 28.0 Å². The molecule has 1 aliphatic carbocycles. The van der Waals surface area contributed by atoms with Crippen LogP contribution in [0.4, 0.5) is 0 Å². The molecule has 0 radical (unpaired) electrons. The number of Topliss-reactive ketones (excluding diaryl/α,β-unsaturated/α-hetero) is 1. The van der Waals surface area contributed by atoms with Gasteiger partial charge in [-0.3, -0.25) is 9.59 Å². The fourth-order valence-corrected chi connectivity index (χ4v) is 4.01. The van der Waals surface area contributed by atoms with E-state index >= 15 is 0 Å². The number of hydrogen-bond donors (Lipinski definition) is 4. The molecule has 0 spiro atoms. The van der Waals surface area contributed by atoms with Crippen LogP contribution in [0.3, 0.4) is 0 Å². The average Bonchev–Trinajstić information content (AvgIpc) is 3.33. The number of ketones is 2. The lowest BCUT2D eigenvalue weighted by molar-refractivity contribution is 0.0998. The van der Waals surface area contributed by atoms with Crippen LogP contribution in [0, 0.1) is 0 Å². The summed E-state index contributed by atoms with van der Waals surface area (Å²) in [6.45, 7) is 1.53. The summed E-state index contributed by atoms with van der Waals surface area (Å²) in [7, 11) is 5.84. The molecule has 0 atom stereocenters. The number of allylic oxidation sites excluding steroid dienone is 2. The second kappa shape index (κ2) is 7.93. The van der Waals surface area contributed by atoms with Crippen molar-refractivity contribution in [1.82, 2.24) is 20.2 Å². The summed E-state index contributed by atoms with van der Waals surface area (Å²) < 4.78 is 0. The van der Waals surface area contributed by atoms with Crippen LogP contribution in [0.25, 0.3) is 16.5 Å². The Bertz CT molecular complexity index is 1170. The lowest BCUT2D eigenvalue weighted by atomic mass is 9.86. The normalized spacial score (nSPS) is 13.9. The minimum atomic E-state index is -0.253. The number of benzene rings is 1. The second-order valence-corrected chi connectivity index (χ2v) is 7.92. The Morgan fingerprint density at radius 1 is 1.07 bits per heavy atom. The van der Waals surface area contributed by atoms with Gasteiger partial charge in [0.1, 0.15) is 5.75 Å². The number of rotatable bonds is 7. The molecular formula is C23H26N4O3. The zero-order valence-electron chi connectivity index (χ0n) is 17.4. The Labute approximate surface area is 174 Å². The van der Waals surface area contributed by atoms with Gasteiger partial charge >= 0.3 is 0 Å². The molecular weight excluding hydrogens is 380 g/mol. The summed E-state index contributed by atoms with van der Waals surface area (Å²) >= 11 is 0. The smallest absolute Gasteiger partial charge is 0.203 e. The highest BCUT2D eigenvalue weighted by Crippen LogP contribution is 2.39. The molecule has 0 aliphatic heterocycles. The number of aromatic hydroxyl groups is 1. The molecule has 2 aromatic heterocycles. The number of fused-ring (bicyclic) bond motifs is 2. The van der Waals surface area contributed by atoms with Crippen molar-refractivity contribution in [2.45, 2.75) is 12.8 Å². The van der Waals surface area contributed by atoms with E-state index in [9.17, 15) is 14.7 Å². The summed E-state index contributed by atoms with van der Waals surface area (Å²) in [5.74, 6) is -0.459. The van der Waals surface area contributed by atoms with Crippen LogP contribution in [0.15, 0.2) is 30.6 Å². The number of carbonyl (C=O) groups is 2. The number of aromatic nitrogens is 2. The highest BCUT2D eigenvalue weighted by atomic mass is 16.3. The van der Waals surface area contributed by atoms with Crippen molar-refractivity contribution in [3.63, 3.8) is 0 Å². The third-order valence-corrected chi connectivity index (χ3v) is 5.62. The fourth-order valence-electron chi connectivity index (χ4n) is 4.01. The molecule has 1 aromatic carbocycles. The van der Waals surface area contributed by atoms with Gasteiger partial charge in [-0.15, -0.1) is 0 Å². The van der Waals surface area contributed by atoms with E-state index in [0.29, 0.717) is 35.2 Å². The minimum Gasteiger partial charge on any atom is -0.507 e. The molecule has 1 aliphatic rings. The minimum absolute atomic E-state index is 0.0330. The quantitative estimate of drug-likeness (QED) is 0.483. The maximum Gasteiger partial charge on any atom is 0.203 e. The first-order chi connectivity index (χ1) is 14.4. The van der Waals surface area contributed by atoms with E-state index in [1.54, 1.807) is 12.3 Å². The Morgan fingerprint density at radius 3 is 2.57 bits per heavy atom. The zero-order valence-corrected chi connectivity index (χ0v) is 17.4. The van der Waals surface area contributed by atoms with Crippen molar-refractivity contribution in [2.75, 3.05) is 34.2 Å². The number of aromatic amines is 2. The van der Waals surface area contributed by atoms with Crippen molar-refractivity contribution in [3.8, 4) is 5.75 Å². The van der Waals surface area contributed by atoms with Gasteiger partial charge in [0.15, 0.2) is 5.78 Å². The zero-order chi connectivity index (χ0) is 21.4. The third kappa shape index (κ3) is 3.36. The van der Waals surface area contributed by atoms with Crippen LogP contribution in [-0.4, -0.2) is 65.8 Å². The van der Waals surface area contributed by atoms with E-state index in [4.69, 9.17) is 0 Å². The maximum atomic E-state index is 13.3. The Morgan fingerprint density at radius 2 is 1.83 bits per heavy atom. The summed E-state index contributed by atoms with van der Waals surface area (Å²) in [4.78, 5) is 34.3. The highest BCUT2D eigenvalue weighted by molar-refractivity contribution is 6.39. The first-order valence-corrected chi connectivity index (χ1v) is 10.0. The Kier molecular flexibility index (Phi) is 5.32. The molecule has 0 saturated heterocycles. The molecule has 0 bridgehead atoms. The fraction of sp³-hybridized carbons (Fsp3) is 0.304. The molecule has 0 saturated carbocycles. The van der Waals surface area contributed by atoms with Gasteiger partial charge in [-0.1, -0.05) is 0 Å². The predicted octanol–water partition coefficient (Wildman–Crippen LogP) is 2.53. The van der Waals surface area contributed by atoms with E-state index in [-0.39, 0.29) is 22.9 Å². The topological polar surface area (TPSA) is 101 Å². The number of phenolic OH excluding ortho intramolecular Hbond substituents is 1. The standard InChI is InChI=1S/C23H26N4O3/c1-24-8-6-13-12-26-21-18(28)10-16(23(30)20(13)21)15-4-5-17-19(22(15)29)14(11-25-17)7-9-27(2)3/h4-5,10-12,24-26,29H,6-9H2,1-3H3. The maximum absolute atomic E-state index is 13.3. The molecule has 4 rings (SSSR count). The van der Waals surface area contributed by atoms with Gasteiger partial charge in [-0.05, 0) is 69.9 Å². The molecule has 7 heteroatoms. The number of H-pyrrole nitrogens is 2. The van der Waals surface area contributed by atoms with Gasteiger partial charge in [-0.2, -0.15) is 0 Å². The molecule has 0 amide bonds. The lowest BCUT2D eigenvalue weighted by Crippen LogP contribution is -2.18. The van der Waals surface area contributed by atoms with Crippen LogP contribution in [0.5, 0.6) is 5.75 Å². The van der Waals surface area contributed by atoms with Crippen molar-refractivity contribution in [3.05, 3.63) is 58.6 Å². The van der Waals surface area contributed by atoms with E-state index in [1.165, 1.54) is 6.08 Å². The Hall–Kier alpha value is -3.16. The molecule has 0 fully saturated rings. The first-order valence-electron chi connectivity index (χ1n) is 10.0. The van der Waals surface area contributed by atoms with Gasteiger partial charge in [-0.25, -0.2) is 0 Å². The molecule has 4 N–H and O–H groups in total. The van der Waals surface area contributed by atoms with E-state index in [0.717, 1.165) is 29.6 Å². The van der Waals surface area contributed by atoms with Gasteiger partial charge in [0.2, 0.25) is 5.78 Å². The molecule has 3 aromatic rings. The summed E-state index contributed by atoms with van der Waals surface area (Å²) in [5.41, 5.74) is 3.94. The average molecular weight is 406 g/mol. The monoisotopic (exact) mass is 406 g/mol. The number of carbonyl (C=O) groups excluding carboxylic acids is 2. The van der Waals surface area contributed by atoms with Crippen LogP contribution in [0.2, 0.25) is 0 Å². The number of likely N-dealkylation sites (N-methyl/N-ethyl adjacent to an activating group) is 2. The Balaban J connectivity index is 1.78. The van der Waals surface area contributed by atoms with E-state index in [2.05, 4.69) is 20.2 Å². The van der Waals surface area contributed by atoms with Crippen LogP contribution in [0.1, 0.15) is 37.5 Å². The van der Waals surface area contributed by atoms with E-state index in [1.807, 2.05) is 33.4 Å². The number of nitrogens with one attached hydrogen (secondary N) is 3. The van der Waals surface area contributed by atoms with Crippen LogP contribution < -0.4 is 5.32 Å². The van der Waals surface area contributed by atoms with E-state index < -0.39 is 0 Å². The molecule has 2 heterocycles. The SMILES string of the molecule is CNCCc1c[nH]c2c1C(=O)C(c1ccc3[nH]cc(CCN(C)C)c3c1O)=CC2=O. The second-order valence-electron chi connectivity index (χ2n) is 7.92. The highest BCUT2D eigenvalue weighted by Gasteiger charge is 2.32. The number of phenols is 1. The van der Waals surface area contributed by atoms with Gasteiger partial charge in [0, 0.05) is 41.0 Å². The first kappa shape index (κ1) is 20.1. The third-order valence-electron chi connectivity index (χ3n) is 5.62. The van der Waals surface area contributed by atoms with Crippen LogP contribution >= 0.6 is 0 Å². The number of nitrogens with zero attached hydrogens (tertiary/aromatic N) is 1. The van der Waals surface area contributed by atoms with Crippen molar-refractivity contribution in [2.24, 2.45) is 0 Å². The summed E-state index contributed by atoms with van der Waals surface area (Å²) in [6.07, 6.45) is 6.33. The molecule has 0 unspecified atom stereocenters. The van der Waals surface area contributed by atoms with Gasteiger partial charge < -0.3 is 25.3 Å². The largest absolute Gasteiger partial charge is 0.507 e. The molecule has 7 nitrogen and oxygen atoms in total. The lowest BCUT2D eigenvalue weighted by Gasteiger charge is -2.16. The van der Waals surface area contributed by atoms with Gasteiger partial charge in [0.05, 0.1) is 11.3 Å². The molecule has 30 heavy (non-hydrogen) atoms. The molecule has 156 valence electrons. The number of hydrogen-bond acceptors (Lipinski definition) is 5. The van der Waals surface area contributed by atoms with Crippen molar-refractivity contribution in [1.29, 1.82) is 0 Å². The summed E-state index contributed by atoms with van der Waals surface area (Å²) in [6, 6.07) is 3.54. The predicted molar refractivity (Wildman–Crippen MR) is 117 cm³/mol. The van der Waals surface area contributed by atoms with Crippen molar-refractivity contribution < 1.29 is 14.7 Å².